The third-order valence-corrected chi connectivity index (χ3v) is 8.89. The fraction of sp³-hybridized carbons (Fsp3) is 0.516. The number of rotatable bonds is 9. The Kier molecular flexibility index (Phi) is 8.74. The highest BCUT2D eigenvalue weighted by Crippen LogP contribution is 2.62. The summed E-state index contributed by atoms with van der Waals surface area (Å²) in [4.78, 5) is 29.4. The number of nitriles is 1. The molecule has 0 aromatic heterocycles. The average Bonchev–Trinajstić information content (AvgIpc) is 3.55. The molecule has 0 bridgehead atoms. The van der Waals surface area contributed by atoms with Crippen molar-refractivity contribution < 1.29 is 23.1 Å². The second-order valence-corrected chi connectivity index (χ2v) is 11.4. The van der Waals surface area contributed by atoms with Crippen LogP contribution in [-0.2, 0) is 10.2 Å². The van der Waals surface area contributed by atoms with Crippen molar-refractivity contribution in [2.75, 3.05) is 38.1 Å². The number of ether oxygens (including phenoxy) is 1. The minimum absolute atomic E-state index is 0.0249. The Morgan fingerprint density at radius 1 is 1.20 bits per heavy atom. The van der Waals surface area contributed by atoms with Gasteiger partial charge in [-0.1, -0.05) is 12.1 Å². The number of likely N-dealkylation sites (tertiary alicyclic amines) is 1. The van der Waals surface area contributed by atoms with Gasteiger partial charge in [0.15, 0.2) is 11.6 Å². The number of urea groups is 1. The lowest BCUT2D eigenvalue weighted by Crippen LogP contribution is -2.46. The average molecular weight is 566 g/mol. The van der Waals surface area contributed by atoms with E-state index in [9.17, 15) is 23.6 Å². The summed E-state index contributed by atoms with van der Waals surface area (Å²) in [6, 6.07) is 13.2. The lowest BCUT2D eigenvalue weighted by atomic mass is 9.80. The summed E-state index contributed by atoms with van der Waals surface area (Å²) in [7, 11) is 0. The molecule has 1 aliphatic heterocycles. The molecule has 1 heterocycles. The third-order valence-electron chi connectivity index (χ3n) is 8.89. The van der Waals surface area contributed by atoms with Crippen molar-refractivity contribution in [2.45, 2.75) is 62.9 Å². The van der Waals surface area contributed by atoms with Gasteiger partial charge in [0.2, 0.25) is 0 Å². The van der Waals surface area contributed by atoms with Crippen molar-refractivity contribution >= 4 is 17.8 Å². The van der Waals surface area contributed by atoms with Gasteiger partial charge >= 0.3 is 12.1 Å². The summed E-state index contributed by atoms with van der Waals surface area (Å²) >= 11 is 0. The van der Waals surface area contributed by atoms with Gasteiger partial charge in [-0.25, -0.2) is 18.4 Å². The first-order valence-electron chi connectivity index (χ1n) is 14.5. The number of nitrogens with zero attached hydrogens (tertiary/aromatic N) is 3. The number of amides is 3. The maximum absolute atomic E-state index is 13.8. The molecule has 0 radical (unpaired) electrons. The molecule has 3 fully saturated rings. The lowest BCUT2D eigenvalue weighted by molar-refractivity contribution is 0.147. The van der Waals surface area contributed by atoms with Crippen molar-refractivity contribution in [2.24, 2.45) is 5.92 Å². The van der Waals surface area contributed by atoms with Crippen molar-refractivity contribution in [3.05, 3.63) is 65.2 Å². The molecule has 8 nitrogen and oxygen atoms in total. The zero-order valence-electron chi connectivity index (χ0n) is 23.4. The number of hydrogen-bond acceptors (Lipinski definition) is 5. The van der Waals surface area contributed by atoms with Gasteiger partial charge in [-0.3, -0.25) is 0 Å². The number of hydrogen-bond donors (Lipinski definition) is 2. The molecule has 10 heteroatoms. The number of anilines is 1. The number of alkyl carbamates (subject to hydrolysis) is 1. The van der Waals surface area contributed by atoms with E-state index < -0.39 is 17.7 Å². The standard InChI is InChI=1S/C31H37F2N5O3/c1-2-41-30(40)36-25-10-14-37(20-25)12-4-13-38(29(39)35-24-7-8-27(32)28(33)17-24)26-9-11-31(18-23(31)16-26)22-6-3-5-21(15-22)19-34/h3,5-8,15,17,23,25-26H,2,4,9-14,16,18,20H2,1H3,(H,35,39)(H,36,40)/t23?,25?,26-,31-/m1/s1. The molecule has 2 unspecified atom stereocenters. The molecule has 2 aliphatic carbocycles. The summed E-state index contributed by atoms with van der Waals surface area (Å²) in [6.45, 7) is 4.99. The number of nitrogens with one attached hydrogen (secondary N) is 2. The predicted molar refractivity (Wildman–Crippen MR) is 150 cm³/mol. The van der Waals surface area contributed by atoms with Crippen LogP contribution in [-0.4, -0.2) is 66.8 Å². The van der Waals surface area contributed by atoms with Crippen LogP contribution in [0.3, 0.4) is 0 Å². The highest BCUT2D eigenvalue weighted by Gasteiger charge is 2.58. The molecule has 2 aromatic rings. The van der Waals surface area contributed by atoms with Crippen molar-refractivity contribution in [3.8, 4) is 6.07 Å². The van der Waals surface area contributed by atoms with Gasteiger partial charge in [0, 0.05) is 43.5 Å². The largest absolute Gasteiger partial charge is 0.450 e. The molecular weight excluding hydrogens is 528 g/mol. The first kappa shape index (κ1) is 28.8. The summed E-state index contributed by atoms with van der Waals surface area (Å²) in [5.41, 5.74) is 2.16. The molecule has 3 aliphatic rings. The minimum Gasteiger partial charge on any atom is -0.450 e. The van der Waals surface area contributed by atoms with E-state index in [0.29, 0.717) is 24.6 Å². The van der Waals surface area contributed by atoms with Crippen molar-refractivity contribution in [1.29, 1.82) is 5.26 Å². The zero-order valence-corrected chi connectivity index (χ0v) is 23.4. The maximum Gasteiger partial charge on any atom is 0.407 e. The second kappa shape index (κ2) is 12.4. The third kappa shape index (κ3) is 6.62. The monoisotopic (exact) mass is 565 g/mol. The zero-order chi connectivity index (χ0) is 29.0. The van der Waals surface area contributed by atoms with Crippen LogP contribution in [0.4, 0.5) is 24.1 Å². The van der Waals surface area contributed by atoms with Crippen LogP contribution >= 0.6 is 0 Å². The molecule has 5 rings (SSSR count). The van der Waals surface area contributed by atoms with Gasteiger partial charge in [0.1, 0.15) is 0 Å². The topological polar surface area (TPSA) is 97.7 Å². The lowest BCUT2D eigenvalue weighted by Gasteiger charge is -2.37. The molecule has 41 heavy (non-hydrogen) atoms. The van der Waals surface area contributed by atoms with Crippen LogP contribution in [0.2, 0.25) is 0 Å². The van der Waals surface area contributed by atoms with E-state index in [0.717, 1.165) is 70.3 Å². The molecule has 3 amide bonds. The van der Waals surface area contributed by atoms with Crippen LogP contribution in [0.15, 0.2) is 42.5 Å². The molecule has 218 valence electrons. The summed E-state index contributed by atoms with van der Waals surface area (Å²) < 4.78 is 32.3. The first-order chi connectivity index (χ1) is 19.8. The van der Waals surface area contributed by atoms with Crippen LogP contribution in [0, 0.1) is 28.9 Å². The van der Waals surface area contributed by atoms with E-state index in [4.69, 9.17) is 4.74 Å². The molecule has 2 saturated carbocycles. The number of halogens is 2. The fourth-order valence-corrected chi connectivity index (χ4v) is 6.72. The Morgan fingerprint density at radius 2 is 2.05 bits per heavy atom. The Labute approximate surface area is 239 Å². The molecule has 2 N–H and O–H groups in total. The van der Waals surface area contributed by atoms with Gasteiger partial charge in [-0.15, -0.1) is 0 Å². The number of carbonyl (C=O) groups excluding carboxylic acids is 2. The fourth-order valence-electron chi connectivity index (χ4n) is 6.72. The Hall–Kier alpha value is -3.71. The maximum atomic E-state index is 13.8. The Bertz CT molecular complexity index is 1320. The first-order valence-corrected chi connectivity index (χ1v) is 14.5. The van der Waals surface area contributed by atoms with Gasteiger partial charge in [-0.2, -0.15) is 5.26 Å². The molecule has 1 saturated heterocycles. The predicted octanol–water partition coefficient (Wildman–Crippen LogP) is 5.39. The normalized spacial score (nSPS) is 25.1. The van der Waals surface area contributed by atoms with Gasteiger partial charge in [0.25, 0.3) is 0 Å². The van der Waals surface area contributed by atoms with E-state index in [2.05, 4.69) is 27.7 Å². The van der Waals surface area contributed by atoms with Crippen LogP contribution in [0.1, 0.15) is 56.6 Å². The van der Waals surface area contributed by atoms with E-state index in [1.807, 2.05) is 23.1 Å². The van der Waals surface area contributed by atoms with Crippen molar-refractivity contribution in [1.82, 2.24) is 15.1 Å². The second-order valence-electron chi connectivity index (χ2n) is 11.4. The number of fused-ring (bicyclic) bond motifs is 1. The van der Waals surface area contributed by atoms with Gasteiger partial charge < -0.3 is 25.2 Å². The minimum atomic E-state index is -1.01. The molecule has 4 atom stereocenters. The molecular formula is C31H37F2N5O3. The number of carbonyl (C=O) groups is 2. The quantitative estimate of drug-likeness (QED) is 0.425. The highest BCUT2D eigenvalue weighted by molar-refractivity contribution is 5.89. The van der Waals surface area contributed by atoms with E-state index in [1.54, 1.807) is 6.92 Å². The molecule has 2 aromatic carbocycles. The summed E-state index contributed by atoms with van der Waals surface area (Å²) in [5.74, 6) is -1.53. The number of benzene rings is 2. The summed E-state index contributed by atoms with van der Waals surface area (Å²) in [5, 5.41) is 15.0. The van der Waals surface area contributed by atoms with Crippen LogP contribution < -0.4 is 10.6 Å². The smallest absolute Gasteiger partial charge is 0.407 e. The Morgan fingerprint density at radius 3 is 2.80 bits per heavy atom. The van der Waals surface area contributed by atoms with Crippen LogP contribution in [0.5, 0.6) is 0 Å². The van der Waals surface area contributed by atoms with E-state index >= 15 is 0 Å². The van der Waals surface area contributed by atoms with Crippen LogP contribution in [0.25, 0.3) is 0 Å². The molecule has 0 spiro atoms. The van der Waals surface area contributed by atoms with Gasteiger partial charge in [0.05, 0.1) is 18.2 Å². The van der Waals surface area contributed by atoms with Gasteiger partial charge in [-0.05, 0) is 93.2 Å². The summed E-state index contributed by atoms with van der Waals surface area (Å²) in [6.07, 6.45) is 4.85. The van der Waals surface area contributed by atoms with E-state index in [-0.39, 0.29) is 29.2 Å². The van der Waals surface area contributed by atoms with Crippen molar-refractivity contribution in [3.63, 3.8) is 0 Å². The SMILES string of the molecule is CCOC(=O)NC1CCN(CCCN(C(=O)Nc2ccc(F)c(F)c2)[C@@H]2CC[C@]3(c4cccc(C#N)c4)CC3C2)C1. The highest BCUT2D eigenvalue weighted by atomic mass is 19.2. The van der Waals surface area contributed by atoms with E-state index in [1.165, 1.54) is 11.6 Å². The Balaban J connectivity index is 1.22.